The lowest BCUT2D eigenvalue weighted by atomic mass is 10.1. The van der Waals surface area contributed by atoms with Crippen LogP contribution in [0.5, 0.6) is 0 Å². The minimum absolute atomic E-state index is 0.0131. The number of nitrogens with one attached hydrogen (secondary N) is 2. The summed E-state index contributed by atoms with van der Waals surface area (Å²) in [6.07, 6.45) is 3.69. The molecule has 0 saturated carbocycles. The van der Waals surface area contributed by atoms with E-state index in [1.807, 2.05) is 13.8 Å². The molecule has 0 aliphatic carbocycles. The largest absolute Gasteiger partial charge is 0.337 e. The van der Waals surface area contributed by atoms with Crippen LogP contribution in [0.1, 0.15) is 48.8 Å². The molecule has 7 nitrogen and oxygen atoms in total. The van der Waals surface area contributed by atoms with Crippen molar-refractivity contribution >= 4 is 17.7 Å². The zero-order valence-corrected chi connectivity index (χ0v) is 11.3. The van der Waals surface area contributed by atoms with Gasteiger partial charge in [0.2, 0.25) is 17.6 Å². The molecule has 0 radical (unpaired) electrons. The molecule has 1 saturated heterocycles. The molecule has 2 rings (SSSR count). The van der Waals surface area contributed by atoms with Gasteiger partial charge in [-0.05, 0) is 17.9 Å². The minimum Gasteiger partial charge on any atom is -0.337 e. The Bertz CT molecular complexity index is 539. The van der Waals surface area contributed by atoms with Crippen LogP contribution in [-0.2, 0) is 9.59 Å². The van der Waals surface area contributed by atoms with Crippen molar-refractivity contribution in [2.75, 3.05) is 0 Å². The first-order valence-electron chi connectivity index (χ1n) is 6.44. The van der Waals surface area contributed by atoms with E-state index in [9.17, 15) is 14.4 Å². The monoisotopic (exact) mass is 276 g/mol. The number of carbonyl (C=O) groups is 3. The highest BCUT2D eigenvalue weighted by molar-refractivity contribution is 6.03. The molecule has 1 aromatic rings. The molecule has 20 heavy (non-hydrogen) atoms. The summed E-state index contributed by atoms with van der Waals surface area (Å²) in [7, 11) is 0. The van der Waals surface area contributed by atoms with Crippen molar-refractivity contribution in [1.82, 2.24) is 20.6 Å². The zero-order chi connectivity index (χ0) is 14.7. The van der Waals surface area contributed by atoms with Gasteiger partial charge in [0.25, 0.3) is 5.91 Å². The first kappa shape index (κ1) is 14.1. The van der Waals surface area contributed by atoms with Crippen molar-refractivity contribution in [2.24, 2.45) is 0 Å². The maximum atomic E-state index is 11.9. The van der Waals surface area contributed by atoms with Crippen LogP contribution < -0.4 is 10.6 Å². The van der Waals surface area contributed by atoms with Gasteiger partial charge in [-0.2, -0.15) is 0 Å². The minimum atomic E-state index is -0.714. The molecular formula is C13H16N4O3. The van der Waals surface area contributed by atoms with Crippen LogP contribution in [0.4, 0.5) is 0 Å². The van der Waals surface area contributed by atoms with Crippen molar-refractivity contribution < 1.29 is 14.4 Å². The number of carbonyl (C=O) groups excluding carboxylic acids is 3. The molecule has 2 heterocycles. The summed E-state index contributed by atoms with van der Waals surface area (Å²) in [5, 5.41) is 4.70. The molecule has 1 unspecified atom stereocenters. The zero-order valence-electron chi connectivity index (χ0n) is 11.3. The van der Waals surface area contributed by atoms with E-state index in [1.54, 1.807) is 12.4 Å². The van der Waals surface area contributed by atoms with Gasteiger partial charge in [0.05, 0.1) is 0 Å². The van der Waals surface area contributed by atoms with E-state index in [-0.39, 0.29) is 24.1 Å². The van der Waals surface area contributed by atoms with E-state index in [0.717, 1.165) is 5.56 Å². The van der Waals surface area contributed by atoms with Crippen LogP contribution in [0.25, 0.3) is 0 Å². The van der Waals surface area contributed by atoms with Crippen LogP contribution in [0.15, 0.2) is 12.4 Å². The van der Waals surface area contributed by atoms with E-state index in [4.69, 9.17) is 0 Å². The highest BCUT2D eigenvalue weighted by atomic mass is 16.2. The van der Waals surface area contributed by atoms with Crippen molar-refractivity contribution in [1.29, 1.82) is 0 Å². The SMILES string of the molecule is CC(C)c1cnc(C(=O)NC2CCC(=O)NC2=O)nc1. The fraction of sp³-hybridized carbons (Fsp3) is 0.462. The third kappa shape index (κ3) is 3.17. The van der Waals surface area contributed by atoms with Crippen molar-refractivity contribution in [2.45, 2.75) is 38.6 Å². The van der Waals surface area contributed by atoms with Crippen LogP contribution >= 0.6 is 0 Å². The van der Waals surface area contributed by atoms with Crippen LogP contribution in [-0.4, -0.2) is 33.7 Å². The molecule has 0 aromatic carbocycles. The van der Waals surface area contributed by atoms with Gasteiger partial charge in [0.1, 0.15) is 6.04 Å². The number of piperidine rings is 1. The third-order valence-electron chi connectivity index (χ3n) is 3.09. The molecule has 1 aliphatic rings. The van der Waals surface area contributed by atoms with E-state index in [2.05, 4.69) is 20.6 Å². The van der Waals surface area contributed by atoms with Gasteiger partial charge in [0, 0.05) is 18.8 Å². The van der Waals surface area contributed by atoms with E-state index in [0.29, 0.717) is 6.42 Å². The molecule has 1 aliphatic heterocycles. The number of nitrogens with zero attached hydrogens (tertiary/aromatic N) is 2. The Kier molecular flexibility index (Phi) is 4.07. The van der Waals surface area contributed by atoms with Crippen LogP contribution in [0.2, 0.25) is 0 Å². The average Bonchev–Trinajstić information content (AvgIpc) is 2.42. The molecule has 0 bridgehead atoms. The predicted octanol–water partition coefficient (Wildman–Crippen LogP) is 0.135. The Labute approximate surface area is 116 Å². The highest BCUT2D eigenvalue weighted by Gasteiger charge is 2.28. The molecular weight excluding hydrogens is 260 g/mol. The van der Waals surface area contributed by atoms with Gasteiger partial charge in [-0.1, -0.05) is 13.8 Å². The fourth-order valence-corrected chi connectivity index (χ4v) is 1.81. The molecule has 7 heteroatoms. The highest BCUT2D eigenvalue weighted by Crippen LogP contribution is 2.11. The number of imide groups is 1. The van der Waals surface area contributed by atoms with Crippen molar-refractivity contribution in [3.63, 3.8) is 0 Å². The summed E-state index contributed by atoms with van der Waals surface area (Å²) in [4.78, 5) is 42.4. The maximum Gasteiger partial charge on any atom is 0.289 e. The number of amides is 3. The van der Waals surface area contributed by atoms with Gasteiger partial charge in [-0.25, -0.2) is 9.97 Å². The Balaban J connectivity index is 2.01. The Hall–Kier alpha value is -2.31. The Morgan fingerprint density at radius 1 is 1.35 bits per heavy atom. The second-order valence-corrected chi connectivity index (χ2v) is 4.97. The molecule has 0 spiro atoms. The molecule has 106 valence electrons. The number of hydrogen-bond acceptors (Lipinski definition) is 5. The molecule has 1 atom stereocenters. The molecule has 1 fully saturated rings. The summed E-state index contributed by atoms with van der Waals surface area (Å²) in [5.41, 5.74) is 0.933. The van der Waals surface area contributed by atoms with E-state index >= 15 is 0 Å². The predicted molar refractivity (Wildman–Crippen MR) is 69.8 cm³/mol. The molecule has 2 N–H and O–H groups in total. The van der Waals surface area contributed by atoms with Gasteiger partial charge < -0.3 is 5.32 Å². The summed E-state index contributed by atoms with van der Waals surface area (Å²) in [6.45, 7) is 4.00. The van der Waals surface area contributed by atoms with E-state index in [1.165, 1.54) is 0 Å². The number of hydrogen-bond donors (Lipinski definition) is 2. The first-order valence-corrected chi connectivity index (χ1v) is 6.44. The fourth-order valence-electron chi connectivity index (χ4n) is 1.81. The lowest BCUT2D eigenvalue weighted by Crippen LogP contribution is -2.52. The first-order chi connectivity index (χ1) is 9.47. The van der Waals surface area contributed by atoms with E-state index < -0.39 is 17.9 Å². The number of rotatable bonds is 3. The number of aromatic nitrogens is 2. The smallest absolute Gasteiger partial charge is 0.289 e. The van der Waals surface area contributed by atoms with Gasteiger partial charge in [-0.15, -0.1) is 0 Å². The second-order valence-electron chi connectivity index (χ2n) is 4.97. The summed E-state index contributed by atoms with van der Waals surface area (Å²) in [6, 6.07) is -0.714. The van der Waals surface area contributed by atoms with Gasteiger partial charge in [-0.3, -0.25) is 19.7 Å². The quantitative estimate of drug-likeness (QED) is 0.764. The topological polar surface area (TPSA) is 101 Å². The lowest BCUT2D eigenvalue weighted by Gasteiger charge is -2.21. The third-order valence-corrected chi connectivity index (χ3v) is 3.09. The van der Waals surface area contributed by atoms with Crippen molar-refractivity contribution in [3.8, 4) is 0 Å². The Morgan fingerprint density at radius 3 is 2.55 bits per heavy atom. The summed E-state index contributed by atoms with van der Waals surface area (Å²) in [5.74, 6) is -1.04. The average molecular weight is 276 g/mol. The molecule has 3 amide bonds. The second kappa shape index (κ2) is 5.77. The lowest BCUT2D eigenvalue weighted by molar-refractivity contribution is -0.134. The van der Waals surface area contributed by atoms with Gasteiger partial charge >= 0.3 is 0 Å². The van der Waals surface area contributed by atoms with Gasteiger partial charge in [0.15, 0.2) is 0 Å². The summed E-state index contributed by atoms with van der Waals surface area (Å²) >= 11 is 0. The maximum absolute atomic E-state index is 11.9. The van der Waals surface area contributed by atoms with Crippen molar-refractivity contribution in [3.05, 3.63) is 23.8 Å². The standard InChI is InChI=1S/C13H16N4O3/c1-7(2)8-5-14-11(15-6-8)13(20)16-9-3-4-10(18)17-12(9)19/h5-7,9H,3-4H2,1-2H3,(H,16,20)(H,17,18,19). The Morgan fingerprint density at radius 2 is 2.00 bits per heavy atom. The van der Waals surface area contributed by atoms with Crippen LogP contribution in [0, 0.1) is 0 Å². The molecule has 1 aromatic heterocycles. The normalized spacial score (nSPS) is 18.9. The van der Waals surface area contributed by atoms with Crippen LogP contribution in [0.3, 0.4) is 0 Å². The summed E-state index contributed by atoms with van der Waals surface area (Å²) < 4.78 is 0.